The van der Waals surface area contributed by atoms with Crippen molar-refractivity contribution < 1.29 is 9.90 Å². The number of hydrogen-bond acceptors (Lipinski definition) is 5. The summed E-state index contributed by atoms with van der Waals surface area (Å²) in [6.07, 6.45) is 0. The fourth-order valence-corrected chi connectivity index (χ4v) is 2.35. The van der Waals surface area contributed by atoms with Crippen LogP contribution in [0.4, 0.5) is 0 Å². The summed E-state index contributed by atoms with van der Waals surface area (Å²) in [6, 6.07) is 6.66. The maximum Gasteiger partial charge on any atom is 0.362 e. The first kappa shape index (κ1) is 13.3. The predicted octanol–water partition coefficient (Wildman–Crippen LogP) is 1.46. The van der Waals surface area contributed by atoms with E-state index in [0.717, 1.165) is 5.56 Å². The average molecular weight is 277 g/mol. The summed E-state index contributed by atoms with van der Waals surface area (Å²) < 4.78 is 0. The van der Waals surface area contributed by atoms with Gasteiger partial charge in [-0.1, -0.05) is 23.9 Å². The zero-order valence-electron chi connectivity index (χ0n) is 10.1. The normalized spacial score (nSPS) is 10.4. The topological polar surface area (TPSA) is 95.9 Å². The number of carbonyl (C=O) groups is 1. The summed E-state index contributed by atoms with van der Waals surface area (Å²) in [5.74, 6) is -0.431. The fraction of sp³-hybridized carbons (Fsp3) is 0.167. The molecule has 0 saturated carbocycles. The monoisotopic (exact) mass is 277 g/mol. The molecule has 0 spiro atoms. The summed E-state index contributed by atoms with van der Waals surface area (Å²) in [5.41, 5.74) is 1.24. The first-order chi connectivity index (χ1) is 9.06. The third-order valence-electron chi connectivity index (χ3n) is 2.38. The summed E-state index contributed by atoms with van der Waals surface area (Å²) in [7, 11) is 0. The zero-order valence-corrected chi connectivity index (χ0v) is 10.9. The third kappa shape index (κ3) is 3.41. The van der Waals surface area contributed by atoms with Crippen molar-refractivity contribution in [2.45, 2.75) is 17.7 Å². The van der Waals surface area contributed by atoms with Gasteiger partial charge in [0, 0.05) is 5.75 Å². The Hall–Kier alpha value is -2.15. The predicted molar refractivity (Wildman–Crippen MR) is 70.4 cm³/mol. The largest absolute Gasteiger partial charge is 0.478 e. The van der Waals surface area contributed by atoms with Gasteiger partial charge in [-0.15, -0.1) is 0 Å². The van der Waals surface area contributed by atoms with Crippen LogP contribution >= 0.6 is 11.8 Å². The number of nitrogens with one attached hydrogen (secondary N) is 1. The molecule has 0 radical (unpaired) electrons. The lowest BCUT2D eigenvalue weighted by Gasteiger charge is -2.03. The van der Waals surface area contributed by atoms with Crippen molar-refractivity contribution >= 4 is 17.7 Å². The number of aromatic carboxylic acids is 1. The SMILES string of the molecule is Cc1n[nH]c(=O)nc1SCc1cccc(C(=O)O)c1. The minimum Gasteiger partial charge on any atom is -0.478 e. The molecule has 2 rings (SSSR count). The highest BCUT2D eigenvalue weighted by molar-refractivity contribution is 7.98. The number of benzene rings is 1. The summed E-state index contributed by atoms with van der Waals surface area (Å²) in [5, 5.41) is 15.5. The van der Waals surface area contributed by atoms with Crippen molar-refractivity contribution in [2.75, 3.05) is 0 Å². The van der Waals surface area contributed by atoms with Crippen LogP contribution in [-0.4, -0.2) is 26.3 Å². The number of nitrogens with zero attached hydrogens (tertiary/aromatic N) is 2. The van der Waals surface area contributed by atoms with Crippen LogP contribution in [0.1, 0.15) is 21.6 Å². The van der Waals surface area contributed by atoms with Crippen LogP contribution in [0.15, 0.2) is 34.1 Å². The number of aromatic nitrogens is 3. The van der Waals surface area contributed by atoms with E-state index in [1.54, 1.807) is 19.1 Å². The molecule has 0 aliphatic heterocycles. The average Bonchev–Trinajstić information content (AvgIpc) is 2.40. The molecule has 0 fully saturated rings. The molecule has 1 aromatic heterocycles. The van der Waals surface area contributed by atoms with E-state index < -0.39 is 11.7 Å². The molecule has 0 bridgehead atoms. The van der Waals surface area contributed by atoms with Gasteiger partial charge in [-0.2, -0.15) is 10.1 Å². The van der Waals surface area contributed by atoms with E-state index in [4.69, 9.17) is 5.11 Å². The van der Waals surface area contributed by atoms with E-state index in [0.29, 0.717) is 16.5 Å². The third-order valence-corrected chi connectivity index (χ3v) is 3.52. The van der Waals surface area contributed by atoms with Crippen molar-refractivity contribution in [1.29, 1.82) is 0 Å². The van der Waals surface area contributed by atoms with Crippen LogP contribution in [0.3, 0.4) is 0 Å². The molecule has 2 N–H and O–H groups in total. The van der Waals surface area contributed by atoms with Crippen molar-refractivity contribution in [1.82, 2.24) is 15.2 Å². The molecule has 0 amide bonds. The van der Waals surface area contributed by atoms with E-state index in [1.807, 2.05) is 6.07 Å². The molecule has 1 heterocycles. The Kier molecular flexibility index (Phi) is 3.96. The van der Waals surface area contributed by atoms with Gasteiger partial charge in [-0.05, 0) is 24.6 Å². The van der Waals surface area contributed by atoms with Crippen LogP contribution in [0, 0.1) is 6.92 Å². The second-order valence-electron chi connectivity index (χ2n) is 3.83. The Bertz CT molecular complexity index is 669. The number of aryl methyl sites for hydroxylation is 1. The lowest BCUT2D eigenvalue weighted by molar-refractivity contribution is 0.0697. The van der Waals surface area contributed by atoms with Crippen LogP contribution in [0.5, 0.6) is 0 Å². The molecule has 0 aliphatic carbocycles. The molecule has 0 aliphatic rings. The number of hydrogen-bond donors (Lipinski definition) is 2. The standard InChI is InChI=1S/C12H11N3O3S/c1-7-10(13-12(18)15-14-7)19-6-8-3-2-4-9(5-8)11(16)17/h2-5H,6H2,1H3,(H,16,17)(H,13,15,18). The Morgan fingerprint density at radius 1 is 1.47 bits per heavy atom. The van der Waals surface area contributed by atoms with Crippen molar-refractivity contribution in [2.24, 2.45) is 0 Å². The van der Waals surface area contributed by atoms with Gasteiger partial charge >= 0.3 is 11.7 Å². The summed E-state index contributed by atoms with van der Waals surface area (Å²) in [6.45, 7) is 1.75. The minimum atomic E-state index is -0.959. The molecular formula is C12H11N3O3S. The van der Waals surface area contributed by atoms with Crippen molar-refractivity contribution in [3.05, 3.63) is 51.6 Å². The molecular weight excluding hydrogens is 266 g/mol. The summed E-state index contributed by atoms with van der Waals surface area (Å²) >= 11 is 1.35. The quantitative estimate of drug-likeness (QED) is 0.821. The van der Waals surface area contributed by atoms with Gasteiger partial charge < -0.3 is 5.11 Å². The lowest BCUT2D eigenvalue weighted by atomic mass is 10.1. The second-order valence-corrected chi connectivity index (χ2v) is 4.79. The van der Waals surface area contributed by atoms with Gasteiger partial charge in [0.25, 0.3) is 0 Å². The van der Waals surface area contributed by atoms with E-state index in [-0.39, 0.29) is 5.56 Å². The Balaban J connectivity index is 2.14. The highest BCUT2D eigenvalue weighted by Gasteiger charge is 2.06. The maximum atomic E-state index is 11.1. The van der Waals surface area contributed by atoms with E-state index in [9.17, 15) is 9.59 Å². The number of carboxylic acids is 1. The maximum absolute atomic E-state index is 11.1. The fourth-order valence-electron chi connectivity index (χ4n) is 1.46. The van der Waals surface area contributed by atoms with Gasteiger partial charge in [-0.3, -0.25) is 0 Å². The van der Waals surface area contributed by atoms with Gasteiger partial charge in [0.1, 0.15) is 5.03 Å². The number of carboxylic acid groups (broad SMARTS) is 1. The Morgan fingerprint density at radius 2 is 2.26 bits per heavy atom. The minimum absolute atomic E-state index is 0.242. The number of rotatable bonds is 4. The van der Waals surface area contributed by atoms with Gasteiger partial charge in [-0.25, -0.2) is 14.7 Å². The molecule has 2 aromatic rings. The lowest BCUT2D eigenvalue weighted by Crippen LogP contribution is -2.14. The summed E-state index contributed by atoms with van der Waals surface area (Å²) in [4.78, 5) is 25.7. The highest BCUT2D eigenvalue weighted by Crippen LogP contribution is 2.22. The number of aromatic amines is 1. The van der Waals surface area contributed by atoms with Gasteiger partial charge in [0.2, 0.25) is 0 Å². The molecule has 6 nitrogen and oxygen atoms in total. The van der Waals surface area contributed by atoms with Gasteiger partial charge in [0.05, 0.1) is 11.3 Å². The number of thioether (sulfide) groups is 1. The van der Waals surface area contributed by atoms with Gasteiger partial charge in [0.15, 0.2) is 0 Å². The van der Waals surface area contributed by atoms with E-state index in [2.05, 4.69) is 15.2 Å². The van der Waals surface area contributed by atoms with Crippen molar-refractivity contribution in [3.8, 4) is 0 Å². The van der Waals surface area contributed by atoms with E-state index >= 15 is 0 Å². The van der Waals surface area contributed by atoms with Crippen LogP contribution in [0.25, 0.3) is 0 Å². The molecule has 98 valence electrons. The molecule has 19 heavy (non-hydrogen) atoms. The van der Waals surface area contributed by atoms with E-state index in [1.165, 1.54) is 17.8 Å². The number of H-pyrrole nitrogens is 1. The molecule has 0 unspecified atom stereocenters. The smallest absolute Gasteiger partial charge is 0.362 e. The van der Waals surface area contributed by atoms with Crippen LogP contribution in [-0.2, 0) is 5.75 Å². The van der Waals surface area contributed by atoms with Crippen LogP contribution < -0.4 is 5.69 Å². The van der Waals surface area contributed by atoms with Crippen molar-refractivity contribution in [3.63, 3.8) is 0 Å². The second kappa shape index (κ2) is 5.66. The first-order valence-electron chi connectivity index (χ1n) is 5.44. The molecule has 0 saturated heterocycles. The molecule has 7 heteroatoms. The Morgan fingerprint density at radius 3 is 3.00 bits per heavy atom. The van der Waals surface area contributed by atoms with Crippen LogP contribution in [0.2, 0.25) is 0 Å². The highest BCUT2D eigenvalue weighted by atomic mass is 32.2. The molecule has 0 atom stereocenters. The zero-order chi connectivity index (χ0) is 13.8. The molecule has 1 aromatic carbocycles. The Labute approximate surface area is 112 Å². The first-order valence-corrected chi connectivity index (χ1v) is 6.43.